The second-order valence-corrected chi connectivity index (χ2v) is 6.15. The minimum Gasteiger partial charge on any atom is -0.330 e. The third-order valence-corrected chi connectivity index (χ3v) is 4.10. The van der Waals surface area contributed by atoms with E-state index < -0.39 is 11.7 Å². The molecular formula is C17H18F3N3O. The Kier molecular flexibility index (Phi) is 4.11. The SMILES string of the molecule is Cc1cc(C(=O)N(Cc2ccc(C(F)(F)F)cc2)C2CC2)n(C)n1. The molecule has 0 atom stereocenters. The molecule has 1 saturated carbocycles. The molecule has 0 bridgehead atoms. The summed E-state index contributed by atoms with van der Waals surface area (Å²) in [6.07, 6.45) is -2.51. The number of amides is 1. The molecule has 7 heteroatoms. The highest BCUT2D eigenvalue weighted by atomic mass is 19.4. The summed E-state index contributed by atoms with van der Waals surface area (Å²) in [6, 6.07) is 6.85. The van der Waals surface area contributed by atoms with Crippen LogP contribution in [0.15, 0.2) is 30.3 Å². The zero-order valence-corrected chi connectivity index (χ0v) is 13.5. The highest BCUT2D eigenvalue weighted by Gasteiger charge is 2.35. The van der Waals surface area contributed by atoms with Gasteiger partial charge in [-0.15, -0.1) is 0 Å². The van der Waals surface area contributed by atoms with E-state index in [4.69, 9.17) is 0 Å². The smallest absolute Gasteiger partial charge is 0.330 e. The lowest BCUT2D eigenvalue weighted by molar-refractivity contribution is -0.137. The van der Waals surface area contributed by atoms with Crippen molar-refractivity contribution in [2.45, 2.75) is 38.5 Å². The van der Waals surface area contributed by atoms with Gasteiger partial charge in [-0.3, -0.25) is 9.48 Å². The Bertz CT molecular complexity index is 745. The van der Waals surface area contributed by atoms with Gasteiger partial charge >= 0.3 is 6.18 Å². The van der Waals surface area contributed by atoms with Crippen LogP contribution in [0.1, 0.15) is 40.2 Å². The van der Waals surface area contributed by atoms with E-state index in [0.29, 0.717) is 17.8 Å². The summed E-state index contributed by atoms with van der Waals surface area (Å²) in [4.78, 5) is 14.5. The molecule has 0 unspecified atom stereocenters. The second-order valence-electron chi connectivity index (χ2n) is 6.15. The molecule has 2 aromatic rings. The molecule has 1 aromatic heterocycles. The van der Waals surface area contributed by atoms with Crippen LogP contribution in [0.3, 0.4) is 0 Å². The van der Waals surface area contributed by atoms with E-state index in [1.54, 1.807) is 22.7 Å². The van der Waals surface area contributed by atoms with Gasteiger partial charge in [0.25, 0.3) is 5.91 Å². The predicted octanol–water partition coefficient (Wildman–Crippen LogP) is 3.55. The number of rotatable bonds is 4. The number of hydrogen-bond acceptors (Lipinski definition) is 2. The molecule has 3 rings (SSSR count). The molecule has 0 spiro atoms. The quantitative estimate of drug-likeness (QED) is 0.856. The normalized spacial score (nSPS) is 14.7. The van der Waals surface area contributed by atoms with E-state index in [1.807, 2.05) is 6.92 Å². The molecule has 0 saturated heterocycles. The first-order valence-corrected chi connectivity index (χ1v) is 7.73. The molecule has 1 fully saturated rings. The Morgan fingerprint density at radius 1 is 1.29 bits per heavy atom. The van der Waals surface area contributed by atoms with Crippen LogP contribution in [-0.4, -0.2) is 26.6 Å². The Balaban J connectivity index is 1.80. The number of carbonyl (C=O) groups is 1. The van der Waals surface area contributed by atoms with Crippen molar-refractivity contribution in [3.8, 4) is 0 Å². The lowest BCUT2D eigenvalue weighted by Crippen LogP contribution is -2.33. The lowest BCUT2D eigenvalue weighted by atomic mass is 10.1. The number of halogens is 3. The Morgan fingerprint density at radius 2 is 1.92 bits per heavy atom. The third-order valence-electron chi connectivity index (χ3n) is 4.10. The first-order chi connectivity index (χ1) is 11.3. The van der Waals surface area contributed by atoms with Crippen molar-refractivity contribution in [3.05, 3.63) is 52.8 Å². The summed E-state index contributed by atoms with van der Waals surface area (Å²) in [5.41, 5.74) is 1.25. The number of alkyl halides is 3. The molecule has 0 radical (unpaired) electrons. The molecule has 1 aliphatic carbocycles. The van der Waals surface area contributed by atoms with Gasteiger partial charge < -0.3 is 4.90 Å². The van der Waals surface area contributed by atoms with Crippen molar-refractivity contribution < 1.29 is 18.0 Å². The topological polar surface area (TPSA) is 38.1 Å². The lowest BCUT2D eigenvalue weighted by Gasteiger charge is -2.22. The van der Waals surface area contributed by atoms with Crippen LogP contribution in [0.4, 0.5) is 13.2 Å². The Morgan fingerprint density at radius 3 is 2.38 bits per heavy atom. The van der Waals surface area contributed by atoms with E-state index in [9.17, 15) is 18.0 Å². The van der Waals surface area contributed by atoms with Crippen molar-refractivity contribution in [3.63, 3.8) is 0 Å². The average Bonchev–Trinajstić information content (AvgIpc) is 3.28. The highest BCUT2D eigenvalue weighted by molar-refractivity contribution is 5.93. The van der Waals surface area contributed by atoms with Crippen LogP contribution in [0, 0.1) is 6.92 Å². The standard InChI is InChI=1S/C17H18F3N3O/c1-11-9-15(22(2)21-11)16(24)23(14-7-8-14)10-12-3-5-13(6-4-12)17(18,19)20/h3-6,9,14H,7-8,10H2,1-2H3. The van der Waals surface area contributed by atoms with Gasteiger partial charge in [0.2, 0.25) is 0 Å². The fourth-order valence-electron chi connectivity index (χ4n) is 2.71. The summed E-state index contributed by atoms with van der Waals surface area (Å²) in [7, 11) is 1.71. The van der Waals surface area contributed by atoms with Crippen LogP contribution in [0.5, 0.6) is 0 Å². The zero-order chi connectivity index (χ0) is 17.5. The summed E-state index contributed by atoms with van der Waals surface area (Å²) in [5, 5.41) is 4.18. The first-order valence-electron chi connectivity index (χ1n) is 7.73. The number of carbonyl (C=O) groups excluding carboxylic acids is 1. The minimum absolute atomic E-state index is 0.138. The molecule has 1 aliphatic rings. The Labute approximate surface area is 137 Å². The molecule has 1 amide bonds. The van der Waals surface area contributed by atoms with Gasteiger partial charge in [0.05, 0.1) is 11.3 Å². The number of aryl methyl sites for hydroxylation is 2. The van der Waals surface area contributed by atoms with Gasteiger partial charge in [-0.2, -0.15) is 18.3 Å². The maximum absolute atomic E-state index is 12.8. The molecule has 0 N–H and O–H groups in total. The molecule has 0 aliphatic heterocycles. The van der Waals surface area contributed by atoms with Crippen LogP contribution >= 0.6 is 0 Å². The van der Waals surface area contributed by atoms with Crippen molar-refractivity contribution in [1.82, 2.24) is 14.7 Å². The minimum atomic E-state index is -4.35. The first kappa shape index (κ1) is 16.5. The van der Waals surface area contributed by atoms with E-state index in [-0.39, 0.29) is 11.9 Å². The fourth-order valence-corrected chi connectivity index (χ4v) is 2.71. The van der Waals surface area contributed by atoms with Gasteiger partial charge in [-0.25, -0.2) is 0 Å². The summed E-state index contributed by atoms with van der Waals surface area (Å²) >= 11 is 0. The van der Waals surface area contributed by atoms with Crippen molar-refractivity contribution in [1.29, 1.82) is 0 Å². The van der Waals surface area contributed by atoms with E-state index in [2.05, 4.69) is 5.10 Å². The summed E-state index contributed by atoms with van der Waals surface area (Å²) < 4.78 is 39.5. The van der Waals surface area contributed by atoms with Crippen molar-refractivity contribution in [2.24, 2.45) is 7.05 Å². The second kappa shape index (κ2) is 5.96. The zero-order valence-electron chi connectivity index (χ0n) is 13.5. The third kappa shape index (κ3) is 3.44. The van der Waals surface area contributed by atoms with Crippen LogP contribution < -0.4 is 0 Å². The molecule has 1 aromatic carbocycles. The highest BCUT2D eigenvalue weighted by Crippen LogP contribution is 2.32. The number of aromatic nitrogens is 2. The van der Waals surface area contributed by atoms with Gasteiger partial charge in [-0.05, 0) is 43.5 Å². The summed E-state index contributed by atoms with van der Waals surface area (Å²) in [5.74, 6) is -0.138. The predicted molar refractivity (Wildman–Crippen MR) is 82.3 cm³/mol. The maximum atomic E-state index is 12.8. The largest absolute Gasteiger partial charge is 0.416 e. The molecule has 24 heavy (non-hydrogen) atoms. The van der Waals surface area contributed by atoms with Crippen molar-refractivity contribution in [2.75, 3.05) is 0 Å². The number of hydrogen-bond donors (Lipinski definition) is 0. The monoisotopic (exact) mass is 337 g/mol. The van der Waals surface area contributed by atoms with Crippen molar-refractivity contribution >= 4 is 5.91 Å². The number of benzene rings is 1. The Hall–Kier alpha value is -2.31. The summed E-state index contributed by atoms with van der Waals surface area (Å²) in [6.45, 7) is 2.11. The maximum Gasteiger partial charge on any atom is 0.416 e. The van der Waals surface area contributed by atoms with Gasteiger partial charge in [0.15, 0.2) is 0 Å². The van der Waals surface area contributed by atoms with Gasteiger partial charge in [0, 0.05) is 19.6 Å². The molecule has 1 heterocycles. The molecule has 4 nitrogen and oxygen atoms in total. The van der Waals surface area contributed by atoms with E-state index in [0.717, 1.165) is 30.7 Å². The average molecular weight is 337 g/mol. The van der Waals surface area contributed by atoms with Crippen LogP contribution in [0.2, 0.25) is 0 Å². The van der Waals surface area contributed by atoms with Gasteiger partial charge in [-0.1, -0.05) is 12.1 Å². The molecule has 128 valence electrons. The van der Waals surface area contributed by atoms with E-state index in [1.165, 1.54) is 12.1 Å². The van der Waals surface area contributed by atoms with E-state index >= 15 is 0 Å². The molecular weight excluding hydrogens is 319 g/mol. The fraction of sp³-hybridized carbons (Fsp3) is 0.412. The van der Waals surface area contributed by atoms with Gasteiger partial charge in [0.1, 0.15) is 5.69 Å². The van der Waals surface area contributed by atoms with Crippen LogP contribution in [-0.2, 0) is 19.8 Å². The number of nitrogens with zero attached hydrogens (tertiary/aromatic N) is 3. The van der Waals surface area contributed by atoms with Crippen LogP contribution in [0.25, 0.3) is 0 Å².